The van der Waals surface area contributed by atoms with Gasteiger partial charge in [0.25, 0.3) is 0 Å². The van der Waals surface area contributed by atoms with Crippen molar-refractivity contribution in [3.05, 3.63) is 70.8 Å². The van der Waals surface area contributed by atoms with Crippen molar-refractivity contribution in [2.75, 3.05) is 6.61 Å². The molecular weight excluding hydrogens is 395 g/mol. The van der Waals surface area contributed by atoms with Crippen LogP contribution in [-0.2, 0) is 14.1 Å². The Morgan fingerprint density at radius 1 is 0.933 bits per heavy atom. The third-order valence-corrected chi connectivity index (χ3v) is 4.83. The van der Waals surface area contributed by atoms with Crippen molar-refractivity contribution in [1.82, 2.24) is 0 Å². The molecule has 2 aromatic rings. The molecule has 164 valence electrons. The lowest BCUT2D eigenvalue weighted by molar-refractivity contribution is -0.145. The molecule has 0 radical (unpaired) electrons. The van der Waals surface area contributed by atoms with Gasteiger partial charge in [0.15, 0.2) is 5.78 Å². The highest BCUT2D eigenvalue weighted by Gasteiger charge is 2.32. The van der Waals surface area contributed by atoms with Crippen molar-refractivity contribution in [3.63, 3.8) is 0 Å². The summed E-state index contributed by atoms with van der Waals surface area (Å²) in [6, 6.07) is 14.9. The molecule has 0 saturated heterocycles. The number of ketones is 1. The van der Waals surface area contributed by atoms with Crippen LogP contribution in [-0.4, -0.2) is 18.4 Å². The quantitative estimate of drug-likeness (QED) is 0.240. The number of ether oxygens (including phenoxy) is 1. The summed E-state index contributed by atoms with van der Waals surface area (Å²) in [4.78, 5) is 26.4. The van der Waals surface area contributed by atoms with E-state index in [4.69, 9.17) is 9.30 Å². The van der Waals surface area contributed by atoms with E-state index >= 15 is 0 Å². The van der Waals surface area contributed by atoms with Gasteiger partial charge in [-0.25, -0.2) is 0 Å². The second-order valence-corrected chi connectivity index (χ2v) is 8.97. The molecule has 0 amide bonds. The fraction of sp³-hybridized carbons (Fsp3) is 0.440. The first-order valence-electron chi connectivity index (χ1n) is 10.2. The van der Waals surface area contributed by atoms with E-state index in [-0.39, 0.29) is 17.1 Å². The van der Waals surface area contributed by atoms with Crippen LogP contribution in [0.15, 0.2) is 48.5 Å². The maximum Gasteiger partial charge on any atom is 0.321 e. The molecule has 5 heteroatoms. The first-order valence-corrected chi connectivity index (χ1v) is 10.8. The van der Waals surface area contributed by atoms with Gasteiger partial charge in [0.2, 0.25) is 0 Å². The predicted octanol–water partition coefficient (Wildman–Crippen LogP) is 5.82. The smallest absolute Gasteiger partial charge is 0.321 e. The molecule has 30 heavy (non-hydrogen) atoms. The summed E-state index contributed by atoms with van der Waals surface area (Å²) in [7, 11) is 0.611. The minimum atomic E-state index is -0.942. The minimum Gasteiger partial charge on any atom is -0.465 e. The summed E-state index contributed by atoms with van der Waals surface area (Å²) in [5.74, 6) is -1.38. The van der Waals surface area contributed by atoms with Gasteiger partial charge in [0.1, 0.15) is 5.92 Å². The molecule has 0 aliphatic heterocycles. The van der Waals surface area contributed by atoms with Crippen LogP contribution in [0.2, 0.25) is 0 Å². The van der Waals surface area contributed by atoms with Crippen LogP contribution in [0, 0.1) is 25.2 Å². The molecule has 4 nitrogen and oxygen atoms in total. The number of Topliss-reactive ketones (excluding diaryl/α,β-unsaturated/α-hetero) is 1. The molecule has 3 unspecified atom stereocenters. The van der Waals surface area contributed by atoms with Crippen molar-refractivity contribution >= 4 is 20.9 Å². The number of hydrogen-bond donors (Lipinski definition) is 0. The molecular formula is C25H35O4P. The SMILES string of the molecule is Cc1cccc(C)c1C(=O)C(C(=O)OCC(C)CC(C)(C)C)c1ccccc1.O=[PH3]. The van der Waals surface area contributed by atoms with Gasteiger partial charge in [-0.05, 0) is 48.3 Å². The molecule has 0 saturated carbocycles. The lowest BCUT2D eigenvalue weighted by Crippen LogP contribution is -2.27. The topological polar surface area (TPSA) is 60.4 Å². The van der Waals surface area contributed by atoms with E-state index < -0.39 is 11.9 Å². The van der Waals surface area contributed by atoms with Gasteiger partial charge in [-0.15, -0.1) is 0 Å². The van der Waals surface area contributed by atoms with Crippen molar-refractivity contribution in [3.8, 4) is 0 Å². The van der Waals surface area contributed by atoms with Crippen molar-refractivity contribution in [1.29, 1.82) is 0 Å². The normalized spacial score (nSPS) is 13.0. The fourth-order valence-electron chi connectivity index (χ4n) is 3.80. The Kier molecular flexibility index (Phi) is 10.2. The van der Waals surface area contributed by atoms with Crippen molar-refractivity contribution < 1.29 is 18.9 Å². The first-order chi connectivity index (χ1) is 14.1. The molecule has 0 fully saturated rings. The minimum absolute atomic E-state index is 0.165. The molecule has 0 aromatic heterocycles. The van der Waals surface area contributed by atoms with Crippen LogP contribution in [0.1, 0.15) is 67.1 Å². The van der Waals surface area contributed by atoms with E-state index in [1.165, 1.54) is 0 Å². The number of carbonyl (C=O) groups excluding carboxylic acids is 2. The van der Waals surface area contributed by atoms with E-state index in [1.54, 1.807) is 0 Å². The van der Waals surface area contributed by atoms with Gasteiger partial charge in [-0.1, -0.05) is 76.2 Å². The Labute approximate surface area is 182 Å². The third-order valence-electron chi connectivity index (χ3n) is 4.83. The van der Waals surface area contributed by atoms with Crippen LogP contribution < -0.4 is 0 Å². The highest BCUT2D eigenvalue weighted by molar-refractivity contribution is 7.00. The van der Waals surface area contributed by atoms with Gasteiger partial charge >= 0.3 is 5.97 Å². The Balaban J connectivity index is 0.00000218. The van der Waals surface area contributed by atoms with Crippen LogP contribution in [0.3, 0.4) is 0 Å². The molecule has 0 bridgehead atoms. The predicted molar refractivity (Wildman–Crippen MR) is 125 cm³/mol. The van der Waals surface area contributed by atoms with E-state index in [2.05, 4.69) is 27.7 Å². The average molecular weight is 431 g/mol. The lowest BCUT2D eigenvalue weighted by Gasteiger charge is -2.24. The summed E-state index contributed by atoms with van der Waals surface area (Å²) in [5, 5.41) is 0. The van der Waals surface area contributed by atoms with Crippen LogP contribution in [0.25, 0.3) is 0 Å². The second-order valence-electron chi connectivity index (χ2n) is 8.97. The van der Waals surface area contributed by atoms with Gasteiger partial charge in [-0.3, -0.25) is 9.59 Å². The number of hydrogen-bond acceptors (Lipinski definition) is 4. The Hall–Kier alpha value is -2.19. The zero-order valence-electron chi connectivity index (χ0n) is 19.0. The summed E-state index contributed by atoms with van der Waals surface area (Å²) in [6.45, 7) is 12.7. The monoisotopic (exact) mass is 430 g/mol. The highest BCUT2D eigenvalue weighted by Crippen LogP contribution is 2.28. The second kappa shape index (κ2) is 11.9. The summed E-state index contributed by atoms with van der Waals surface area (Å²) in [5.41, 5.74) is 3.19. The molecule has 2 aromatic carbocycles. The number of esters is 1. The maximum absolute atomic E-state index is 13.4. The fourth-order valence-corrected chi connectivity index (χ4v) is 3.80. The lowest BCUT2D eigenvalue weighted by atomic mass is 9.85. The van der Waals surface area contributed by atoms with Gasteiger partial charge in [-0.2, -0.15) is 0 Å². The molecule has 0 heterocycles. The van der Waals surface area contributed by atoms with Gasteiger partial charge in [0.05, 0.1) is 15.7 Å². The highest BCUT2D eigenvalue weighted by atomic mass is 31.0. The standard InChI is InChI=1S/C25H32O3.H3OP/c1-17(15-25(4,5)6)16-28-24(27)22(20-13-8-7-9-14-20)23(26)21-18(2)11-10-12-19(21)3;1-2/h7-14,17,22H,15-16H2,1-6H3;2H3. The molecule has 3 atom stereocenters. The van der Waals surface area contributed by atoms with E-state index in [0.29, 0.717) is 26.9 Å². The van der Waals surface area contributed by atoms with Crippen molar-refractivity contribution in [2.24, 2.45) is 11.3 Å². The molecule has 0 N–H and O–H groups in total. The van der Waals surface area contributed by atoms with Crippen molar-refractivity contribution in [2.45, 2.75) is 53.9 Å². The number of carbonyl (C=O) groups is 2. The van der Waals surface area contributed by atoms with E-state index in [9.17, 15) is 9.59 Å². The summed E-state index contributed by atoms with van der Waals surface area (Å²) < 4.78 is 13.9. The maximum atomic E-state index is 13.4. The molecule has 0 aliphatic carbocycles. The third kappa shape index (κ3) is 7.57. The number of benzene rings is 2. The van der Waals surface area contributed by atoms with Gasteiger partial charge in [0, 0.05) is 5.56 Å². The van der Waals surface area contributed by atoms with E-state index in [1.807, 2.05) is 62.4 Å². The molecule has 0 spiro atoms. The van der Waals surface area contributed by atoms with E-state index in [0.717, 1.165) is 17.5 Å². The Bertz CT molecular complexity index is 820. The Morgan fingerprint density at radius 2 is 1.47 bits per heavy atom. The summed E-state index contributed by atoms with van der Waals surface area (Å²) in [6.07, 6.45) is 0.946. The zero-order chi connectivity index (χ0) is 22.9. The van der Waals surface area contributed by atoms with Crippen LogP contribution in [0.5, 0.6) is 0 Å². The summed E-state index contributed by atoms with van der Waals surface area (Å²) >= 11 is 0. The zero-order valence-corrected chi connectivity index (χ0v) is 20.4. The largest absolute Gasteiger partial charge is 0.465 e. The number of aryl methyl sites for hydroxylation is 2. The number of rotatable bonds is 7. The van der Waals surface area contributed by atoms with Crippen LogP contribution in [0.4, 0.5) is 0 Å². The van der Waals surface area contributed by atoms with Crippen LogP contribution >= 0.6 is 9.12 Å². The Morgan fingerprint density at radius 3 is 1.97 bits per heavy atom. The molecule has 2 rings (SSSR count). The van der Waals surface area contributed by atoms with Gasteiger partial charge < -0.3 is 9.30 Å². The average Bonchev–Trinajstić information content (AvgIpc) is 2.67. The molecule has 0 aliphatic rings. The first kappa shape index (κ1) is 25.8.